The van der Waals surface area contributed by atoms with E-state index in [2.05, 4.69) is 0 Å². The Morgan fingerprint density at radius 1 is 1.10 bits per heavy atom. The van der Waals surface area contributed by atoms with Gasteiger partial charge in [-0.2, -0.15) is 0 Å². The third kappa shape index (κ3) is 4.06. The molecule has 1 N–H and O–H groups in total. The zero-order valence-electron chi connectivity index (χ0n) is 11.9. The van der Waals surface area contributed by atoms with Gasteiger partial charge in [-0.1, -0.05) is 47.0 Å². The van der Waals surface area contributed by atoms with E-state index in [0.29, 0.717) is 10.6 Å². The average molecular weight is 325 g/mol. The first-order valence-corrected chi connectivity index (χ1v) is 8.55. The third-order valence-corrected chi connectivity index (χ3v) is 5.12. The van der Waals surface area contributed by atoms with E-state index >= 15 is 0 Å². The number of aryl methyl sites for hydroxylation is 2. The fourth-order valence-corrected chi connectivity index (χ4v) is 3.91. The van der Waals surface area contributed by atoms with Gasteiger partial charge < -0.3 is 5.11 Å². The van der Waals surface area contributed by atoms with Crippen LogP contribution in [0.4, 0.5) is 0 Å². The summed E-state index contributed by atoms with van der Waals surface area (Å²) in [4.78, 5) is 0.124. The molecule has 0 fully saturated rings. The van der Waals surface area contributed by atoms with Gasteiger partial charge in [0.2, 0.25) is 0 Å². The van der Waals surface area contributed by atoms with Crippen LogP contribution < -0.4 is 0 Å². The van der Waals surface area contributed by atoms with Crippen LogP contribution in [0.2, 0.25) is 5.02 Å². The van der Waals surface area contributed by atoms with E-state index in [1.165, 1.54) is 12.1 Å². The maximum atomic E-state index is 12.3. The normalized spacial score (nSPS) is 13.1. The summed E-state index contributed by atoms with van der Waals surface area (Å²) in [6.07, 6.45) is -1.06. The molecular formula is C16H17ClO3S. The van der Waals surface area contributed by atoms with Crippen molar-refractivity contribution in [1.82, 2.24) is 0 Å². The lowest BCUT2D eigenvalue weighted by Crippen LogP contribution is -2.15. The standard InChI is InChI=1S/C16H17ClO3S/c1-11-6-12(2)8-13(7-11)16(18)10-21(19,20)15-5-3-4-14(17)9-15/h3-9,16,18H,10H2,1-2H3. The first-order valence-electron chi connectivity index (χ1n) is 6.52. The minimum Gasteiger partial charge on any atom is -0.387 e. The Labute approximate surface area is 130 Å². The molecule has 2 aromatic rings. The van der Waals surface area contributed by atoms with E-state index in [-0.39, 0.29) is 10.6 Å². The van der Waals surface area contributed by atoms with Crippen LogP contribution in [0.25, 0.3) is 0 Å². The molecule has 3 nitrogen and oxygen atoms in total. The molecule has 2 rings (SSSR count). The minimum atomic E-state index is -3.59. The van der Waals surface area contributed by atoms with Crippen molar-refractivity contribution in [2.75, 3.05) is 5.75 Å². The summed E-state index contributed by atoms with van der Waals surface area (Å²) >= 11 is 5.82. The summed E-state index contributed by atoms with van der Waals surface area (Å²) in [5.74, 6) is -0.365. The smallest absolute Gasteiger partial charge is 0.181 e. The summed E-state index contributed by atoms with van der Waals surface area (Å²) in [5, 5.41) is 10.6. The Morgan fingerprint density at radius 3 is 2.29 bits per heavy atom. The van der Waals surface area contributed by atoms with E-state index < -0.39 is 15.9 Å². The Morgan fingerprint density at radius 2 is 1.71 bits per heavy atom. The number of benzene rings is 2. The molecule has 0 aliphatic rings. The predicted octanol–water partition coefficient (Wildman–Crippen LogP) is 3.46. The second-order valence-electron chi connectivity index (χ2n) is 5.18. The minimum absolute atomic E-state index is 0.124. The number of aliphatic hydroxyl groups excluding tert-OH is 1. The van der Waals surface area contributed by atoms with Crippen molar-refractivity contribution in [2.45, 2.75) is 24.8 Å². The topological polar surface area (TPSA) is 54.4 Å². The number of aliphatic hydroxyl groups is 1. The van der Waals surface area contributed by atoms with Crippen LogP contribution in [0.15, 0.2) is 47.4 Å². The number of halogens is 1. The molecule has 0 radical (unpaired) electrons. The van der Waals surface area contributed by atoms with Gasteiger partial charge in [-0.15, -0.1) is 0 Å². The Hall–Kier alpha value is -1.36. The molecule has 112 valence electrons. The predicted molar refractivity (Wildman–Crippen MR) is 84.4 cm³/mol. The van der Waals surface area contributed by atoms with E-state index in [1.54, 1.807) is 24.3 Å². The average Bonchev–Trinajstić information content (AvgIpc) is 2.37. The van der Waals surface area contributed by atoms with Gasteiger partial charge in [0.25, 0.3) is 0 Å². The lowest BCUT2D eigenvalue weighted by atomic mass is 10.0. The second kappa shape index (κ2) is 6.18. The van der Waals surface area contributed by atoms with Gasteiger partial charge in [0.1, 0.15) is 0 Å². The molecule has 0 aromatic heterocycles. The lowest BCUT2D eigenvalue weighted by molar-refractivity contribution is 0.201. The fraction of sp³-hybridized carbons (Fsp3) is 0.250. The van der Waals surface area contributed by atoms with Crippen LogP contribution in [0.5, 0.6) is 0 Å². The molecule has 0 amide bonds. The Kier molecular flexibility index (Phi) is 4.71. The maximum absolute atomic E-state index is 12.3. The SMILES string of the molecule is Cc1cc(C)cc(C(O)CS(=O)(=O)c2cccc(Cl)c2)c1. The highest BCUT2D eigenvalue weighted by Gasteiger charge is 2.21. The number of hydrogen-bond donors (Lipinski definition) is 1. The summed E-state index contributed by atoms with van der Waals surface area (Å²) in [6.45, 7) is 3.82. The molecule has 0 bridgehead atoms. The molecule has 1 unspecified atom stereocenters. The van der Waals surface area contributed by atoms with Gasteiger partial charge in [0.15, 0.2) is 9.84 Å². The summed E-state index contributed by atoms with van der Waals surface area (Å²) in [6, 6.07) is 11.6. The van der Waals surface area contributed by atoms with Crippen molar-refractivity contribution < 1.29 is 13.5 Å². The largest absolute Gasteiger partial charge is 0.387 e. The molecule has 0 spiro atoms. The van der Waals surface area contributed by atoms with E-state index in [0.717, 1.165) is 11.1 Å². The molecule has 0 heterocycles. The van der Waals surface area contributed by atoms with E-state index in [1.807, 2.05) is 19.9 Å². The monoisotopic (exact) mass is 324 g/mol. The highest BCUT2D eigenvalue weighted by Crippen LogP contribution is 2.23. The van der Waals surface area contributed by atoms with Crippen molar-refractivity contribution in [1.29, 1.82) is 0 Å². The Balaban J connectivity index is 2.27. The van der Waals surface area contributed by atoms with Gasteiger partial charge in [0.05, 0.1) is 16.8 Å². The zero-order valence-corrected chi connectivity index (χ0v) is 13.4. The molecule has 0 aliphatic carbocycles. The molecule has 1 atom stereocenters. The van der Waals surface area contributed by atoms with E-state index in [9.17, 15) is 13.5 Å². The van der Waals surface area contributed by atoms with Gasteiger partial charge in [-0.05, 0) is 37.6 Å². The van der Waals surface area contributed by atoms with Crippen LogP contribution >= 0.6 is 11.6 Å². The zero-order chi connectivity index (χ0) is 15.6. The maximum Gasteiger partial charge on any atom is 0.181 e. The molecule has 21 heavy (non-hydrogen) atoms. The van der Waals surface area contributed by atoms with Crippen LogP contribution in [0, 0.1) is 13.8 Å². The molecule has 0 saturated carbocycles. The summed E-state index contributed by atoms with van der Waals surface area (Å²) in [5.41, 5.74) is 2.59. The van der Waals surface area contributed by atoms with Crippen molar-refractivity contribution >= 4 is 21.4 Å². The first-order chi connectivity index (χ1) is 9.78. The molecule has 0 saturated heterocycles. The first kappa shape index (κ1) is 16.0. The van der Waals surface area contributed by atoms with Gasteiger partial charge in [-0.3, -0.25) is 0 Å². The number of rotatable bonds is 4. The second-order valence-corrected chi connectivity index (χ2v) is 7.65. The van der Waals surface area contributed by atoms with Gasteiger partial charge in [0, 0.05) is 5.02 Å². The highest BCUT2D eigenvalue weighted by atomic mass is 35.5. The van der Waals surface area contributed by atoms with Crippen LogP contribution in [-0.2, 0) is 9.84 Å². The van der Waals surface area contributed by atoms with Crippen molar-refractivity contribution in [3.63, 3.8) is 0 Å². The fourth-order valence-electron chi connectivity index (χ4n) is 2.26. The van der Waals surface area contributed by atoms with Crippen molar-refractivity contribution in [3.05, 3.63) is 64.2 Å². The lowest BCUT2D eigenvalue weighted by Gasteiger charge is -2.13. The molecule has 5 heteroatoms. The van der Waals surface area contributed by atoms with Crippen molar-refractivity contribution in [3.8, 4) is 0 Å². The van der Waals surface area contributed by atoms with Crippen LogP contribution in [0.1, 0.15) is 22.8 Å². The molecule has 0 aliphatic heterocycles. The van der Waals surface area contributed by atoms with Crippen LogP contribution in [0.3, 0.4) is 0 Å². The number of sulfone groups is 1. The summed E-state index contributed by atoms with van der Waals surface area (Å²) in [7, 11) is -3.59. The van der Waals surface area contributed by atoms with Crippen LogP contribution in [-0.4, -0.2) is 19.3 Å². The highest BCUT2D eigenvalue weighted by molar-refractivity contribution is 7.91. The third-order valence-electron chi connectivity index (χ3n) is 3.16. The van der Waals surface area contributed by atoms with Crippen molar-refractivity contribution in [2.24, 2.45) is 0 Å². The quantitative estimate of drug-likeness (QED) is 0.937. The molecule has 2 aromatic carbocycles. The summed E-state index contributed by atoms with van der Waals surface area (Å²) < 4.78 is 24.6. The Bertz CT molecular complexity index is 734. The molecular weight excluding hydrogens is 308 g/mol. The number of hydrogen-bond acceptors (Lipinski definition) is 3. The van der Waals surface area contributed by atoms with Gasteiger partial charge >= 0.3 is 0 Å². The van der Waals surface area contributed by atoms with E-state index in [4.69, 9.17) is 11.6 Å². The van der Waals surface area contributed by atoms with Gasteiger partial charge in [-0.25, -0.2) is 8.42 Å².